The Kier molecular flexibility index (Phi) is 3.59. The largest absolute Gasteiger partial charge is 0.473 e. The number of anilines is 1. The number of ether oxygens (including phenoxy) is 1. The van der Waals surface area contributed by atoms with Gasteiger partial charge in [-0.2, -0.15) is 0 Å². The molecule has 1 aliphatic rings. The Morgan fingerprint density at radius 2 is 2.00 bits per heavy atom. The minimum Gasteiger partial charge on any atom is -0.473 e. The molecule has 0 unspecified atom stereocenters. The van der Waals surface area contributed by atoms with E-state index in [2.05, 4.69) is 28.5 Å². The van der Waals surface area contributed by atoms with E-state index in [9.17, 15) is 0 Å². The van der Waals surface area contributed by atoms with Gasteiger partial charge in [0, 0.05) is 30.1 Å². The monoisotopic (exact) mass is 268 g/mol. The number of rotatable bonds is 5. The molecule has 0 saturated heterocycles. The van der Waals surface area contributed by atoms with E-state index in [-0.39, 0.29) is 0 Å². The van der Waals surface area contributed by atoms with Crippen LogP contribution in [0.4, 0.5) is 5.69 Å². The zero-order valence-corrected chi connectivity index (χ0v) is 12.0. The molecule has 20 heavy (non-hydrogen) atoms. The molecule has 1 fully saturated rings. The molecule has 1 N–H and O–H groups in total. The topological polar surface area (TPSA) is 34.1 Å². The summed E-state index contributed by atoms with van der Waals surface area (Å²) in [6, 6.07) is 12.3. The Hall–Kier alpha value is -2.03. The summed E-state index contributed by atoms with van der Waals surface area (Å²) < 4.78 is 5.88. The van der Waals surface area contributed by atoms with Crippen LogP contribution in [0.15, 0.2) is 36.4 Å². The van der Waals surface area contributed by atoms with Gasteiger partial charge < -0.3 is 10.1 Å². The van der Waals surface area contributed by atoms with Crippen LogP contribution in [0.3, 0.4) is 0 Å². The Bertz CT molecular complexity index is 606. The summed E-state index contributed by atoms with van der Waals surface area (Å²) in [5, 5.41) is 3.27. The lowest BCUT2D eigenvalue weighted by molar-refractivity contribution is 0.293. The summed E-state index contributed by atoms with van der Waals surface area (Å²) >= 11 is 0. The number of hydrogen-bond donors (Lipinski definition) is 1. The molecule has 104 valence electrons. The average Bonchev–Trinajstić information content (AvgIpc) is 3.29. The van der Waals surface area contributed by atoms with Crippen LogP contribution in [0.1, 0.15) is 35.6 Å². The Balaban J connectivity index is 1.82. The molecular weight excluding hydrogens is 248 g/mol. The second kappa shape index (κ2) is 5.53. The maximum absolute atomic E-state index is 5.88. The summed E-state index contributed by atoms with van der Waals surface area (Å²) in [5.74, 6) is 1.41. The normalized spacial score (nSPS) is 14.1. The van der Waals surface area contributed by atoms with Gasteiger partial charge in [0.1, 0.15) is 6.61 Å². The average molecular weight is 268 g/mol. The summed E-state index contributed by atoms with van der Waals surface area (Å²) in [7, 11) is 1.96. The van der Waals surface area contributed by atoms with Gasteiger partial charge in [0.25, 0.3) is 0 Å². The van der Waals surface area contributed by atoms with E-state index in [1.54, 1.807) is 0 Å². The van der Waals surface area contributed by atoms with Gasteiger partial charge in [0.2, 0.25) is 5.88 Å². The number of nitrogens with zero attached hydrogens (tertiary/aromatic N) is 1. The van der Waals surface area contributed by atoms with Crippen LogP contribution >= 0.6 is 0 Å². The van der Waals surface area contributed by atoms with E-state index < -0.39 is 0 Å². The van der Waals surface area contributed by atoms with Crippen LogP contribution in [-0.4, -0.2) is 12.0 Å². The van der Waals surface area contributed by atoms with Crippen molar-refractivity contribution in [3.63, 3.8) is 0 Å². The minimum atomic E-state index is 0.569. The molecule has 0 amide bonds. The van der Waals surface area contributed by atoms with Crippen molar-refractivity contribution in [3.8, 4) is 5.88 Å². The zero-order valence-electron chi connectivity index (χ0n) is 12.0. The molecular formula is C17H20N2O. The highest BCUT2D eigenvalue weighted by Gasteiger charge is 2.27. The maximum atomic E-state index is 5.88. The van der Waals surface area contributed by atoms with E-state index in [1.165, 1.54) is 24.0 Å². The van der Waals surface area contributed by atoms with Gasteiger partial charge in [-0.05, 0) is 43.4 Å². The first-order chi connectivity index (χ1) is 9.78. The number of benzene rings is 1. The van der Waals surface area contributed by atoms with Crippen molar-refractivity contribution in [2.24, 2.45) is 0 Å². The van der Waals surface area contributed by atoms with Crippen LogP contribution in [0, 0.1) is 6.92 Å². The molecule has 1 aliphatic carbocycles. The van der Waals surface area contributed by atoms with Gasteiger partial charge in [0.15, 0.2) is 0 Å². The molecule has 0 spiro atoms. The van der Waals surface area contributed by atoms with Crippen molar-refractivity contribution in [3.05, 3.63) is 53.2 Å². The predicted molar refractivity (Wildman–Crippen MR) is 81.3 cm³/mol. The second-order valence-corrected chi connectivity index (χ2v) is 5.30. The summed E-state index contributed by atoms with van der Waals surface area (Å²) in [4.78, 5) is 4.39. The van der Waals surface area contributed by atoms with Gasteiger partial charge in [-0.3, -0.25) is 0 Å². The first-order valence-electron chi connectivity index (χ1n) is 7.14. The molecule has 0 atom stereocenters. The van der Waals surface area contributed by atoms with E-state index in [4.69, 9.17) is 4.74 Å². The van der Waals surface area contributed by atoms with E-state index >= 15 is 0 Å². The van der Waals surface area contributed by atoms with Crippen molar-refractivity contribution >= 4 is 5.69 Å². The fourth-order valence-electron chi connectivity index (χ4n) is 2.52. The van der Waals surface area contributed by atoms with Gasteiger partial charge in [0.05, 0.1) is 0 Å². The fourth-order valence-corrected chi connectivity index (χ4v) is 2.52. The molecule has 0 radical (unpaired) electrons. The minimum absolute atomic E-state index is 0.569. The van der Waals surface area contributed by atoms with Crippen LogP contribution in [0.5, 0.6) is 5.88 Å². The van der Waals surface area contributed by atoms with Crippen molar-refractivity contribution < 1.29 is 4.74 Å². The van der Waals surface area contributed by atoms with Gasteiger partial charge >= 0.3 is 0 Å². The van der Waals surface area contributed by atoms with Crippen LogP contribution in [0.2, 0.25) is 0 Å². The SMILES string of the molecule is CNc1cccc(C2CC2)c1COc1cccc(C)n1. The molecule has 0 bridgehead atoms. The number of pyridine rings is 1. The highest BCUT2D eigenvalue weighted by Crippen LogP contribution is 2.43. The Labute approximate surface area is 120 Å². The second-order valence-electron chi connectivity index (χ2n) is 5.30. The van der Waals surface area contributed by atoms with E-state index in [1.807, 2.05) is 32.2 Å². The molecule has 1 saturated carbocycles. The van der Waals surface area contributed by atoms with Crippen LogP contribution in [0.25, 0.3) is 0 Å². The molecule has 1 aromatic carbocycles. The van der Waals surface area contributed by atoms with Crippen LogP contribution in [-0.2, 0) is 6.61 Å². The fraction of sp³-hybridized carbons (Fsp3) is 0.353. The van der Waals surface area contributed by atoms with Crippen molar-refractivity contribution in [2.75, 3.05) is 12.4 Å². The molecule has 3 nitrogen and oxygen atoms in total. The highest BCUT2D eigenvalue weighted by molar-refractivity contribution is 5.55. The third-order valence-corrected chi connectivity index (χ3v) is 3.73. The lowest BCUT2D eigenvalue weighted by atomic mass is 10.0. The molecule has 3 rings (SSSR count). The number of aromatic nitrogens is 1. The van der Waals surface area contributed by atoms with Crippen molar-refractivity contribution in [2.45, 2.75) is 32.3 Å². The molecule has 0 aliphatic heterocycles. The van der Waals surface area contributed by atoms with Crippen LogP contribution < -0.4 is 10.1 Å². The number of aryl methyl sites for hydroxylation is 1. The first kappa shape index (κ1) is 13.0. The van der Waals surface area contributed by atoms with Crippen molar-refractivity contribution in [1.82, 2.24) is 4.98 Å². The highest BCUT2D eigenvalue weighted by atomic mass is 16.5. The lowest BCUT2D eigenvalue weighted by Gasteiger charge is -2.15. The molecule has 1 aromatic heterocycles. The predicted octanol–water partition coefficient (Wildman–Crippen LogP) is 3.89. The summed E-state index contributed by atoms with van der Waals surface area (Å²) in [6.45, 7) is 2.54. The lowest BCUT2D eigenvalue weighted by Crippen LogP contribution is -2.05. The van der Waals surface area contributed by atoms with Gasteiger partial charge in [-0.25, -0.2) is 4.98 Å². The Morgan fingerprint density at radius 3 is 2.70 bits per heavy atom. The number of hydrogen-bond acceptors (Lipinski definition) is 3. The molecule has 2 aromatic rings. The molecule has 1 heterocycles. The number of nitrogens with one attached hydrogen (secondary N) is 1. The smallest absolute Gasteiger partial charge is 0.213 e. The van der Waals surface area contributed by atoms with Crippen molar-refractivity contribution in [1.29, 1.82) is 0 Å². The Morgan fingerprint density at radius 1 is 1.20 bits per heavy atom. The quantitative estimate of drug-likeness (QED) is 0.893. The maximum Gasteiger partial charge on any atom is 0.213 e. The first-order valence-corrected chi connectivity index (χ1v) is 7.14. The third kappa shape index (κ3) is 2.77. The summed E-state index contributed by atoms with van der Waals surface area (Å²) in [6.07, 6.45) is 2.59. The van der Waals surface area contributed by atoms with E-state index in [0.717, 1.165) is 11.4 Å². The summed E-state index contributed by atoms with van der Waals surface area (Å²) in [5.41, 5.74) is 4.82. The zero-order chi connectivity index (χ0) is 13.9. The van der Waals surface area contributed by atoms with Gasteiger partial charge in [-0.1, -0.05) is 18.2 Å². The molecule has 3 heteroatoms. The third-order valence-electron chi connectivity index (χ3n) is 3.73. The van der Waals surface area contributed by atoms with Gasteiger partial charge in [-0.15, -0.1) is 0 Å². The standard InChI is InChI=1S/C17H20N2O/c1-12-5-3-8-17(19-12)20-11-15-14(13-9-10-13)6-4-7-16(15)18-2/h3-8,13,18H,9-11H2,1-2H3. The van der Waals surface area contributed by atoms with E-state index in [0.29, 0.717) is 18.4 Å².